The first kappa shape index (κ1) is 10.4. The van der Waals surface area contributed by atoms with E-state index in [1.54, 1.807) is 6.92 Å². The van der Waals surface area contributed by atoms with Crippen LogP contribution in [0.25, 0.3) is 0 Å². The Hall–Kier alpha value is -0.570. The minimum absolute atomic E-state index is 0.000142. The molecule has 0 heterocycles. The Labute approximate surface area is 67.8 Å². The number of amides is 1. The Kier molecular flexibility index (Phi) is 5.84. The second-order valence-corrected chi connectivity index (χ2v) is 2.60. The van der Waals surface area contributed by atoms with Gasteiger partial charge in [-0.05, 0) is 6.42 Å². The lowest BCUT2D eigenvalue weighted by Crippen LogP contribution is -2.31. The van der Waals surface area contributed by atoms with Crippen LogP contribution in [0, 0.1) is 0 Å². The van der Waals surface area contributed by atoms with Gasteiger partial charge in [0.2, 0.25) is 5.91 Å². The first-order chi connectivity index (χ1) is 5.20. The standard InChI is InChI=1S/C8H17NO2/c1-3-5-7(10)6-9-8(11)4-2/h7,10H,3-6H2,1-2H3,(H,9,11). The van der Waals surface area contributed by atoms with Crippen LogP contribution in [0.1, 0.15) is 33.1 Å². The summed E-state index contributed by atoms with van der Waals surface area (Å²) >= 11 is 0. The number of carbonyl (C=O) groups excluding carboxylic acids is 1. The highest BCUT2D eigenvalue weighted by Crippen LogP contribution is 1.93. The van der Waals surface area contributed by atoms with E-state index in [1.165, 1.54) is 0 Å². The zero-order chi connectivity index (χ0) is 8.69. The monoisotopic (exact) mass is 159 g/mol. The second kappa shape index (κ2) is 6.16. The number of hydrogen-bond acceptors (Lipinski definition) is 2. The summed E-state index contributed by atoms with van der Waals surface area (Å²) in [6.45, 7) is 4.19. The molecule has 0 radical (unpaired) electrons. The average Bonchev–Trinajstić information content (AvgIpc) is 2.01. The highest BCUT2D eigenvalue weighted by atomic mass is 16.3. The van der Waals surface area contributed by atoms with Crippen LogP contribution in [0.5, 0.6) is 0 Å². The van der Waals surface area contributed by atoms with Crippen LogP contribution in [0.3, 0.4) is 0 Å². The summed E-state index contributed by atoms with van der Waals surface area (Å²) in [6, 6.07) is 0. The molecule has 0 spiro atoms. The first-order valence-electron chi connectivity index (χ1n) is 4.15. The lowest BCUT2D eigenvalue weighted by molar-refractivity contribution is -0.121. The van der Waals surface area contributed by atoms with Crippen LogP contribution in [-0.4, -0.2) is 23.7 Å². The molecule has 0 aliphatic heterocycles. The van der Waals surface area contributed by atoms with Crippen molar-refractivity contribution in [1.29, 1.82) is 0 Å². The third-order valence-electron chi connectivity index (χ3n) is 1.48. The van der Waals surface area contributed by atoms with Crippen molar-refractivity contribution in [2.45, 2.75) is 39.2 Å². The van der Waals surface area contributed by atoms with Crippen molar-refractivity contribution >= 4 is 5.91 Å². The molecule has 1 unspecified atom stereocenters. The quantitative estimate of drug-likeness (QED) is 0.619. The molecular formula is C8H17NO2. The van der Waals surface area contributed by atoms with Gasteiger partial charge in [0, 0.05) is 13.0 Å². The van der Waals surface area contributed by atoms with Crippen molar-refractivity contribution in [1.82, 2.24) is 5.32 Å². The van der Waals surface area contributed by atoms with Gasteiger partial charge in [-0.1, -0.05) is 20.3 Å². The van der Waals surface area contributed by atoms with Crippen LogP contribution in [0.2, 0.25) is 0 Å². The lowest BCUT2D eigenvalue weighted by atomic mass is 10.2. The molecule has 0 fully saturated rings. The minimum Gasteiger partial charge on any atom is -0.391 e. The number of rotatable bonds is 5. The Morgan fingerprint density at radius 2 is 2.18 bits per heavy atom. The lowest BCUT2D eigenvalue weighted by Gasteiger charge is -2.09. The van der Waals surface area contributed by atoms with Crippen LogP contribution in [0.15, 0.2) is 0 Å². The third-order valence-corrected chi connectivity index (χ3v) is 1.48. The summed E-state index contributed by atoms with van der Waals surface area (Å²) in [5.41, 5.74) is 0. The summed E-state index contributed by atoms with van der Waals surface area (Å²) in [7, 11) is 0. The largest absolute Gasteiger partial charge is 0.391 e. The molecule has 0 aromatic carbocycles. The van der Waals surface area contributed by atoms with Gasteiger partial charge in [-0.3, -0.25) is 4.79 Å². The van der Waals surface area contributed by atoms with Crippen molar-refractivity contribution in [2.75, 3.05) is 6.54 Å². The van der Waals surface area contributed by atoms with Crippen molar-refractivity contribution in [3.8, 4) is 0 Å². The van der Waals surface area contributed by atoms with E-state index in [2.05, 4.69) is 5.32 Å². The molecule has 11 heavy (non-hydrogen) atoms. The highest BCUT2D eigenvalue weighted by molar-refractivity contribution is 5.75. The minimum atomic E-state index is -0.379. The van der Waals surface area contributed by atoms with Crippen molar-refractivity contribution in [3.63, 3.8) is 0 Å². The highest BCUT2D eigenvalue weighted by Gasteiger charge is 2.03. The molecule has 0 saturated carbocycles. The molecule has 1 amide bonds. The third kappa shape index (κ3) is 5.85. The van der Waals surface area contributed by atoms with Crippen molar-refractivity contribution < 1.29 is 9.90 Å². The fourth-order valence-corrected chi connectivity index (χ4v) is 0.792. The molecule has 0 aromatic heterocycles. The van der Waals surface area contributed by atoms with Crippen molar-refractivity contribution in [2.24, 2.45) is 0 Å². The zero-order valence-electron chi connectivity index (χ0n) is 7.26. The van der Waals surface area contributed by atoms with Crippen LogP contribution >= 0.6 is 0 Å². The summed E-state index contributed by atoms with van der Waals surface area (Å²) in [6.07, 6.45) is 1.81. The van der Waals surface area contributed by atoms with E-state index in [0.29, 0.717) is 13.0 Å². The SMILES string of the molecule is CCCC(O)CNC(=O)CC. The maximum atomic E-state index is 10.7. The first-order valence-corrected chi connectivity index (χ1v) is 4.15. The molecule has 1 atom stereocenters. The van der Waals surface area contributed by atoms with E-state index in [9.17, 15) is 9.90 Å². The molecule has 0 aliphatic rings. The van der Waals surface area contributed by atoms with Gasteiger partial charge in [-0.25, -0.2) is 0 Å². The van der Waals surface area contributed by atoms with Crippen LogP contribution in [0.4, 0.5) is 0 Å². The molecule has 0 aliphatic carbocycles. The zero-order valence-corrected chi connectivity index (χ0v) is 7.26. The topological polar surface area (TPSA) is 49.3 Å². The summed E-state index contributed by atoms with van der Waals surface area (Å²) < 4.78 is 0. The smallest absolute Gasteiger partial charge is 0.219 e. The number of aliphatic hydroxyl groups excluding tert-OH is 1. The van der Waals surface area contributed by atoms with E-state index in [0.717, 1.165) is 12.8 Å². The molecule has 66 valence electrons. The molecule has 0 aromatic rings. The number of aliphatic hydroxyl groups is 1. The van der Waals surface area contributed by atoms with Gasteiger partial charge < -0.3 is 10.4 Å². The van der Waals surface area contributed by atoms with Crippen molar-refractivity contribution in [3.05, 3.63) is 0 Å². The van der Waals surface area contributed by atoms with E-state index < -0.39 is 0 Å². The van der Waals surface area contributed by atoms with Gasteiger partial charge in [0.25, 0.3) is 0 Å². The Morgan fingerprint density at radius 3 is 2.64 bits per heavy atom. The van der Waals surface area contributed by atoms with Crippen LogP contribution < -0.4 is 5.32 Å². The fraction of sp³-hybridized carbons (Fsp3) is 0.875. The maximum Gasteiger partial charge on any atom is 0.219 e. The molecule has 0 saturated heterocycles. The fourth-order valence-electron chi connectivity index (χ4n) is 0.792. The number of carbonyl (C=O) groups is 1. The van der Waals surface area contributed by atoms with E-state index in [1.807, 2.05) is 6.92 Å². The molecule has 3 heteroatoms. The van der Waals surface area contributed by atoms with Gasteiger partial charge in [-0.2, -0.15) is 0 Å². The number of hydrogen-bond donors (Lipinski definition) is 2. The summed E-state index contributed by atoms with van der Waals surface area (Å²) in [5, 5.41) is 11.8. The Balaban J connectivity index is 3.29. The predicted molar refractivity (Wildman–Crippen MR) is 44.2 cm³/mol. The van der Waals surface area contributed by atoms with E-state index >= 15 is 0 Å². The molecule has 2 N–H and O–H groups in total. The van der Waals surface area contributed by atoms with Gasteiger partial charge in [0.15, 0.2) is 0 Å². The van der Waals surface area contributed by atoms with Gasteiger partial charge in [0.1, 0.15) is 0 Å². The molecular weight excluding hydrogens is 142 g/mol. The molecule has 0 rings (SSSR count). The molecule has 0 bridgehead atoms. The van der Waals surface area contributed by atoms with Gasteiger partial charge >= 0.3 is 0 Å². The van der Waals surface area contributed by atoms with E-state index in [-0.39, 0.29) is 12.0 Å². The molecule has 3 nitrogen and oxygen atoms in total. The van der Waals surface area contributed by atoms with E-state index in [4.69, 9.17) is 0 Å². The van der Waals surface area contributed by atoms with Gasteiger partial charge in [-0.15, -0.1) is 0 Å². The second-order valence-electron chi connectivity index (χ2n) is 2.60. The van der Waals surface area contributed by atoms with Crippen LogP contribution in [-0.2, 0) is 4.79 Å². The predicted octanol–water partition coefficient (Wildman–Crippen LogP) is 0.674. The summed E-state index contributed by atoms with van der Waals surface area (Å²) in [5.74, 6) is 0.000142. The van der Waals surface area contributed by atoms with Gasteiger partial charge in [0.05, 0.1) is 6.10 Å². The summed E-state index contributed by atoms with van der Waals surface area (Å²) in [4.78, 5) is 10.7. The Bertz CT molecular complexity index is 115. The normalized spacial score (nSPS) is 12.6. The Morgan fingerprint density at radius 1 is 1.55 bits per heavy atom. The maximum absolute atomic E-state index is 10.7. The number of nitrogens with one attached hydrogen (secondary N) is 1. The average molecular weight is 159 g/mol.